The van der Waals surface area contributed by atoms with Gasteiger partial charge in [-0.3, -0.25) is 4.79 Å². The first-order valence-electron chi connectivity index (χ1n) is 7.14. The molecule has 1 aliphatic rings. The fourth-order valence-electron chi connectivity index (χ4n) is 2.53. The Morgan fingerprint density at radius 2 is 1.81 bits per heavy atom. The number of rotatable bonds is 6. The lowest BCUT2D eigenvalue weighted by Crippen LogP contribution is -2.12. The first-order chi connectivity index (χ1) is 9.95. The van der Waals surface area contributed by atoms with Crippen molar-refractivity contribution < 1.29 is 17.9 Å². The third-order valence-electron chi connectivity index (χ3n) is 3.78. The van der Waals surface area contributed by atoms with E-state index in [1.54, 1.807) is 12.1 Å². The summed E-state index contributed by atoms with van der Waals surface area (Å²) in [4.78, 5) is 11.7. The van der Waals surface area contributed by atoms with Crippen molar-refractivity contribution in [2.24, 2.45) is 5.92 Å². The second-order valence-electron chi connectivity index (χ2n) is 5.42. The molecule has 0 atom stereocenters. The van der Waals surface area contributed by atoms with E-state index in [4.69, 9.17) is 15.4 Å². The lowest BCUT2D eigenvalue weighted by molar-refractivity contribution is -0.144. The molecule has 1 fully saturated rings. The second-order valence-corrected chi connectivity index (χ2v) is 7.98. The summed E-state index contributed by atoms with van der Waals surface area (Å²) in [5.41, 5.74) is 0.886. The van der Waals surface area contributed by atoms with E-state index in [-0.39, 0.29) is 10.9 Å². The molecule has 21 heavy (non-hydrogen) atoms. The summed E-state index contributed by atoms with van der Waals surface area (Å²) >= 11 is 0. The van der Waals surface area contributed by atoms with Gasteiger partial charge in [0.1, 0.15) is 0 Å². The van der Waals surface area contributed by atoms with Gasteiger partial charge in [0.05, 0.1) is 11.5 Å². The Bertz CT molecular complexity index is 574. The summed E-state index contributed by atoms with van der Waals surface area (Å²) in [6.07, 6.45) is 5.62. The average Bonchev–Trinajstić information content (AvgIpc) is 2.95. The molecule has 0 bridgehead atoms. The van der Waals surface area contributed by atoms with Gasteiger partial charge in [0.2, 0.25) is 0 Å². The number of hydrogen-bond donors (Lipinski definition) is 0. The first kappa shape index (κ1) is 16.3. The molecule has 0 radical (unpaired) electrons. The normalized spacial score (nSPS) is 16.0. The molecule has 1 aromatic rings. The molecular weight excluding hydrogens is 312 g/mol. The van der Waals surface area contributed by atoms with Gasteiger partial charge in [-0.2, -0.15) is 0 Å². The second kappa shape index (κ2) is 7.27. The van der Waals surface area contributed by atoms with Crippen LogP contribution in [0.15, 0.2) is 29.2 Å². The number of halogens is 1. The molecule has 116 valence electrons. The van der Waals surface area contributed by atoms with Crippen molar-refractivity contribution in [3.63, 3.8) is 0 Å². The van der Waals surface area contributed by atoms with Crippen molar-refractivity contribution in [3.8, 4) is 0 Å². The van der Waals surface area contributed by atoms with Crippen LogP contribution in [0, 0.1) is 5.92 Å². The van der Waals surface area contributed by atoms with E-state index in [0.717, 1.165) is 18.4 Å². The third-order valence-corrected chi connectivity index (χ3v) is 5.15. The smallest absolute Gasteiger partial charge is 0.306 e. The van der Waals surface area contributed by atoms with E-state index >= 15 is 0 Å². The quantitative estimate of drug-likeness (QED) is 0.593. The van der Waals surface area contributed by atoms with Crippen LogP contribution in [0.2, 0.25) is 0 Å². The zero-order chi connectivity index (χ0) is 15.3. The van der Waals surface area contributed by atoms with E-state index in [2.05, 4.69) is 0 Å². The molecule has 0 N–H and O–H groups in total. The summed E-state index contributed by atoms with van der Waals surface area (Å²) in [6, 6.07) is 6.22. The molecule has 1 aromatic carbocycles. The Morgan fingerprint density at radius 3 is 2.38 bits per heavy atom. The van der Waals surface area contributed by atoms with Gasteiger partial charge >= 0.3 is 5.97 Å². The van der Waals surface area contributed by atoms with Gasteiger partial charge in [0, 0.05) is 17.1 Å². The standard InChI is InChI=1S/C15H19ClO4S/c16-21(18,19)14-8-5-12(6-9-14)7-10-15(17)20-11-13-3-1-2-4-13/h5-6,8-9,13H,1-4,7,10-11H2. The molecule has 0 aromatic heterocycles. The maximum absolute atomic E-state index is 11.7. The van der Waals surface area contributed by atoms with Crippen LogP contribution in [0.1, 0.15) is 37.7 Å². The van der Waals surface area contributed by atoms with Crippen LogP contribution in [0.4, 0.5) is 0 Å². The maximum Gasteiger partial charge on any atom is 0.306 e. The molecule has 0 saturated heterocycles. The fraction of sp³-hybridized carbons (Fsp3) is 0.533. The molecule has 1 saturated carbocycles. The molecule has 2 rings (SSSR count). The van der Waals surface area contributed by atoms with Crippen LogP contribution in [0.3, 0.4) is 0 Å². The Labute approximate surface area is 129 Å². The number of ether oxygens (including phenoxy) is 1. The minimum atomic E-state index is -3.69. The zero-order valence-electron chi connectivity index (χ0n) is 11.8. The summed E-state index contributed by atoms with van der Waals surface area (Å²) in [7, 11) is 1.55. The van der Waals surface area contributed by atoms with E-state index in [1.807, 2.05) is 0 Å². The molecule has 0 heterocycles. The third kappa shape index (κ3) is 5.32. The predicted molar refractivity (Wildman–Crippen MR) is 80.7 cm³/mol. The number of hydrogen-bond acceptors (Lipinski definition) is 4. The molecule has 1 aliphatic carbocycles. The van der Waals surface area contributed by atoms with E-state index in [1.165, 1.54) is 25.0 Å². The van der Waals surface area contributed by atoms with Gasteiger partial charge in [-0.05, 0) is 42.9 Å². The van der Waals surface area contributed by atoms with E-state index < -0.39 is 9.05 Å². The Hall–Kier alpha value is -1.07. The minimum Gasteiger partial charge on any atom is -0.465 e. The van der Waals surface area contributed by atoms with Crippen LogP contribution < -0.4 is 0 Å². The topological polar surface area (TPSA) is 60.4 Å². The SMILES string of the molecule is O=C(CCc1ccc(S(=O)(=O)Cl)cc1)OCC1CCCC1. The lowest BCUT2D eigenvalue weighted by Gasteiger charge is -2.10. The number of aryl methyl sites for hydroxylation is 1. The molecule has 0 aliphatic heterocycles. The highest BCUT2D eigenvalue weighted by Gasteiger charge is 2.17. The number of esters is 1. The predicted octanol–water partition coefficient (Wildman–Crippen LogP) is 3.28. The van der Waals surface area contributed by atoms with Crippen LogP contribution >= 0.6 is 10.7 Å². The summed E-state index contributed by atoms with van der Waals surface area (Å²) < 4.78 is 27.5. The number of carbonyl (C=O) groups is 1. The van der Waals surface area contributed by atoms with Crippen LogP contribution in [0.5, 0.6) is 0 Å². The average molecular weight is 331 g/mol. The highest BCUT2D eigenvalue weighted by Crippen LogP contribution is 2.24. The van der Waals surface area contributed by atoms with Crippen molar-refractivity contribution in [2.75, 3.05) is 6.61 Å². The molecule has 4 nitrogen and oxygen atoms in total. The molecule has 6 heteroatoms. The summed E-state index contributed by atoms with van der Waals surface area (Å²) in [5, 5.41) is 0. The van der Waals surface area contributed by atoms with Crippen LogP contribution in [-0.4, -0.2) is 21.0 Å². The van der Waals surface area contributed by atoms with Crippen molar-refractivity contribution >= 4 is 25.7 Å². The van der Waals surface area contributed by atoms with Gasteiger partial charge in [0.25, 0.3) is 9.05 Å². The Kier molecular flexibility index (Phi) is 5.65. The lowest BCUT2D eigenvalue weighted by atomic mass is 10.1. The van der Waals surface area contributed by atoms with Crippen molar-refractivity contribution in [1.82, 2.24) is 0 Å². The minimum absolute atomic E-state index is 0.0664. The van der Waals surface area contributed by atoms with Gasteiger partial charge in [0.15, 0.2) is 0 Å². The van der Waals surface area contributed by atoms with Crippen molar-refractivity contribution in [2.45, 2.75) is 43.4 Å². The zero-order valence-corrected chi connectivity index (χ0v) is 13.3. The van der Waals surface area contributed by atoms with Crippen molar-refractivity contribution in [3.05, 3.63) is 29.8 Å². The van der Waals surface area contributed by atoms with Crippen molar-refractivity contribution in [1.29, 1.82) is 0 Å². The summed E-state index contributed by atoms with van der Waals surface area (Å²) in [6.45, 7) is 0.530. The molecule has 0 amide bonds. The first-order valence-corrected chi connectivity index (χ1v) is 9.45. The Morgan fingerprint density at radius 1 is 1.19 bits per heavy atom. The largest absolute Gasteiger partial charge is 0.465 e. The van der Waals surface area contributed by atoms with Crippen LogP contribution in [0.25, 0.3) is 0 Å². The molecular formula is C15H19ClO4S. The van der Waals surface area contributed by atoms with E-state index in [0.29, 0.717) is 25.4 Å². The monoisotopic (exact) mass is 330 g/mol. The fourth-order valence-corrected chi connectivity index (χ4v) is 3.29. The summed E-state index contributed by atoms with van der Waals surface area (Å²) in [5.74, 6) is 0.332. The van der Waals surface area contributed by atoms with E-state index in [9.17, 15) is 13.2 Å². The molecule has 0 unspecified atom stereocenters. The molecule has 0 spiro atoms. The highest BCUT2D eigenvalue weighted by atomic mass is 35.7. The van der Waals surface area contributed by atoms with Crippen LogP contribution in [-0.2, 0) is 25.0 Å². The van der Waals surface area contributed by atoms with Gasteiger partial charge < -0.3 is 4.74 Å². The number of carbonyl (C=O) groups excluding carboxylic acids is 1. The Balaban J connectivity index is 1.75. The number of benzene rings is 1. The van der Waals surface area contributed by atoms with Gasteiger partial charge in [-0.1, -0.05) is 25.0 Å². The maximum atomic E-state index is 11.7. The van der Waals surface area contributed by atoms with Gasteiger partial charge in [-0.15, -0.1) is 0 Å². The highest BCUT2D eigenvalue weighted by molar-refractivity contribution is 8.13. The van der Waals surface area contributed by atoms with Gasteiger partial charge in [-0.25, -0.2) is 8.42 Å².